The zero-order valence-corrected chi connectivity index (χ0v) is 15.4. The monoisotopic (exact) mass is 330 g/mol. The van der Waals surface area contributed by atoms with E-state index in [-0.39, 0.29) is 11.5 Å². The molecule has 1 aromatic carbocycles. The molecule has 0 spiro atoms. The maximum absolute atomic E-state index is 9.71. The van der Waals surface area contributed by atoms with E-state index in [1.165, 1.54) is 44.9 Å². The van der Waals surface area contributed by atoms with Crippen molar-refractivity contribution in [3.05, 3.63) is 47.6 Å². The van der Waals surface area contributed by atoms with Crippen LogP contribution in [0.2, 0.25) is 0 Å². The first-order valence-electron chi connectivity index (χ1n) is 9.46. The minimum Gasteiger partial charge on any atom is -0.508 e. The van der Waals surface area contributed by atoms with E-state index in [4.69, 9.17) is 0 Å². The number of phenols is 2. The van der Waals surface area contributed by atoms with Crippen molar-refractivity contribution in [3.8, 4) is 11.5 Å². The number of benzene rings is 1. The quantitative estimate of drug-likeness (QED) is 0.335. The SMILES string of the molecule is CCC/C=C\C/C=C\CCCCCCCc1cc(O)c(C)c(O)c1. The van der Waals surface area contributed by atoms with Crippen molar-refractivity contribution in [3.63, 3.8) is 0 Å². The standard InChI is InChI=1S/C22H34O2/c1-3-4-5-6-7-8-9-10-11-12-13-14-15-16-20-17-21(23)19(2)22(24)18-20/h5-6,8-9,17-18,23-24H,3-4,7,10-16H2,1-2H3/b6-5-,9-8-. The zero-order valence-electron chi connectivity index (χ0n) is 15.4. The molecular weight excluding hydrogens is 296 g/mol. The molecule has 0 saturated carbocycles. The van der Waals surface area contributed by atoms with Crippen LogP contribution in [-0.4, -0.2) is 10.2 Å². The summed E-state index contributed by atoms with van der Waals surface area (Å²) in [5.74, 6) is 0.391. The Bertz CT molecular complexity index is 492. The molecule has 0 bridgehead atoms. The summed E-state index contributed by atoms with van der Waals surface area (Å²) in [4.78, 5) is 0. The van der Waals surface area contributed by atoms with Crippen LogP contribution < -0.4 is 0 Å². The van der Waals surface area contributed by atoms with Gasteiger partial charge in [-0.05, 0) is 63.1 Å². The van der Waals surface area contributed by atoms with Gasteiger partial charge in [-0.25, -0.2) is 0 Å². The lowest BCUT2D eigenvalue weighted by molar-refractivity contribution is 0.441. The van der Waals surface area contributed by atoms with Gasteiger partial charge in [0, 0.05) is 5.56 Å². The van der Waals surface area contributed by atoms with Crippen molar-refractivity contribution in [2.24, 2.45) is 0 Å². The Morgan fingerprint density at radius 2 is 1.38 bits per heavy atom. The summed E-state index contributed by atoms with van der Waals surface area (Å²) in [5, 5.41) is 19.4. The average Bonchev–Trinajstić information content (AvgIpc) is 2.56. The molecule has 0 aliphatic carbocycles. The third-order valence-electron chi connectivity index (χ3n) is 4.31. The number of phenolic OH excluding ortho intramolecular Hbond substituents is 2. The Kier molecular flexibility index (Phi) is 10.8. The van der Waals surface area contributed by atoms with Crippen molar-refractivity contribution >= 4 is 0 Å². The number of hydrogen-bond acceptors (Lipinski definition) is 2. The molecule has 2 N–H and O–H groups in total. The Labute approximate surface area is 147 Å². The fraction of sp³-hybridized carbons (Fsp3) is 0.545. The zero-order chi connectivity index (χ0) is 17.6. The number of aromatic hydroxyl groups is 2. The number of hydrogen-bond donors (Lipinski definition) is 2. The van der Waals surface area contributed by atoms with E-state index in [0.717, 1.165) is 24.8 Å². The first kappa shape index (κ1) is 20.3. The van der Waals surface area contributed by atoms with E-state index < -0.39 is 0 Å². The van der Waals surface area contributed by atoms with Crippen LogP contribution in [0.15, 0.2) is 36.4 Å². The number of aryl methyl sites for hydroxylation is 1. The van der Waals surface area contributed by atoms with Gasteiger partial charge in [0.15, 0.2) is 0 Å². The molecule has 1 aromatic rings. The van der Waals surface area contributed by atoms with Gasteiger partial charge in [-0.3, -0.25) is 0 Å². The molecule has 0 radical (unpaired) electrons. The van der Waals surface area contributed by atoms with Gasteiger partial charge in [0.1, 0.15) is 11.5 Å². The second kappa shape index (κ2) is 12.7. The van der Waals surface area contributed by atoms with Crippen molar-refractivity contribution in [1.29, 1.82) is 0 Å². The summed E-state index contributed by atoms with van der Waals surface area (Å²) in [7, 11) is 0. The maximum atomic E-state index is 9.71. The van der Waals surface area contributed by atoms with Crippen LogP contribution in [-0.2, 0) is 6.42 Å². The van der Waals surface area contributed by atoms with E-state index in [9.17, 15) is 10.2 Å². The van der Waals surface area contributed by atoms with Crippen molar-refractivity contribution in [2.45, 2.75) is 78.1 Å². The molecule has 0 aliphatic heterocycles. The molecule has 0 saturated heterocycles. The Balaban J connectivity index is 2.02. The van der Waals surface area contributed by atoms with Gasteiger partial charge < -0.3 is 10.2 Å². The van der Waals surface area contributed by atoms with Gasteiger partial charge in [-0.1, -0.05) is 56.9 Å². The maximum Gasteiger partial charge on any atom is 0.122 e. The fourth-order valence-electron chi connectivity index (χ4n) is 2.68. The van der Waals surface area contributed by atoms with Gasteiger partial charge in [0.2, 0.25) is 0 Å². The minimum atomic E-state index is 0.196. The number of rotatable bonds is 12. The highest BCUT2D eigenvalue weighted by Gasteiger charge is 2.04. The van der Waals surface area contributed by atoms with Crippen molar-refractivity contribution in [1.82, 2.24) is 0 Å². The molecule has 1 rings (SSSR count). The largest absolute Gasteiger partial charge is 0.508 e. The van der Waals surface area contributed by atoms with Crippen LogP contribution in [0.4, 0.5) is 0 Å². The first-order valence-corrected chi connectivity index (χ1v) is 9.46. The minimum absolute atomic E-state index is 0.196. The second-order valence-electron chi connectivity index (χ2n) is 6.53. The summed E-state index contributed by atoms with van der Waals surface area (Å²) in [6.45, 7) is 3.93. The molecule has 134 valence electrons. The summed E-state index contributed by atoms with van der Waals surface area (Å²) < 4.78 is 0. The predicted molar refractivity (Wildman–Crippen MR) is 104 cm³/mol. The van der Waals surface area contributed by atoms with Gasteiger partial charge in [0.25, 0.3) is 0 Å². The summed E-state index contributed by atoms with van der Waals surface area (Å²) in [5.41, 5.74) is 1.59. The summed E-state index contributed by atoms with van der Waals surface area (Å²) in [6, 6.07) is 3.55. The van der Waals surface area contributed by atoms with Gasteiger partial charge in [-0.2, -0.15) is 0 Å². The molecular formula is C22H34O2. The molecule has 0 fully saturated rings. The molecule has 2 heteroatoms. The van der Waals surface area contributed by atoms with E-state index in [0.29, 0.717) is 5.56 Å². The van der Waals surface area contributed by atoms with Crippen molar-refractivity contribution < 1.29 is 10.2 Å². The first-order chi connectivity index (χ1) is 11.6. The van der Waals surface area contributed by atoms with Crippen LogP contribution in [0.25, 0.3) is 0 Å². The Morgan fingerprint density at radius 1 is 0.792 bits per heavy atom. The topological polar surface area (TPSA) is 40.5 Å². The van der Waals surface area contributed by atoms with Crippen LogP contribution in [0.1, 0.15) is 75.8 Å². The molecule has 0 unspecified atom stereocenters. The average molecular weight is 331 g/mol. The van der Waals surface area contributed by atoms with Crippen molar-refractivity contribution in [2.75, 3.05) is 0 Å². The molecule has 0 heterocycles. The molecule has 0 aliphatic rings. The normalized spacial score (nSPS) is 11.8. The van der Waals surface area contributed by atoms with E-state index in [2.05, 4.69) is 31.2 Å². The number of allylic oxidation sites excluding steroid dienone is 4. The van der Waals surface area contributed by atoms with E-state index in [1.54, 1.807) is 19.1 Å². The van der Waals surface area contributed by atoms with E-state index in [1.807, 2.05) is 0 Å². The third kappa shape index (κ3) is 8.81. The van der Waals surface area contributed by atoms with Crippen LogP contribution in [0.3, 0.4) is 0 Å². The number of unbranched alkanes of at least 4 members (excludes halogenated alkanes) is 6. The molecule has 24 heavy (non-hydrogen) atoms. The van der Waals surface area contributed by atoms with Gasteiger partial charge in [-0.15, -0.1) is 0 Å². The van der Waals surface area contributed by atoms with Gasteiger partial charge in [0.05, 0.1) is 0 Å². The van der Waals surface area contributed by atoms with Crippen LogP contribution in [0.5, 0.6) is 11.5 Å². The Morgan fingerprint density at radius 3 is 2.04 bits per heavy atom. The highest BCUT2D eigenvalue weighted by molar-refractivity contribution is 5.45. The van der Waals surface area contributed by atoms with Gasteiger partial charge >= 0.3 is 0 Å². The lowest BCUT2D eigenvalue weighted by Gasteiger charge is -2.07. The molecule has 0 amide bonds. The fourth-order valence-corrected chi connectivity index (χ4v) is 2.68. The predicted octanol–water partition coefficient (Wildman–Crippen LogP) is 6.59. The van der Waals surface area contributed by atoms with Crippen LogP contribution >= 0.6 is 0 Å². The molecule has 0 aromatic heterocycles. The lowest BCUT2D eigenvalue weighted by atomic mass is 10.0. The highest BCUT2D eigenvalue weighted by Crippen LogP contribution is 2.28. The summed E-state index contributed by atoms with van der Waals surface area (Å²) >= 11 is 0. The summed E-state index contributed by atoms with van der Waals surface area (Å²) in [6.07, 6.45) is 20.8. The highest BCUT2D eigenvalue weighted by atomic mass is 16.3. The Hall–Kier alpha value is -1.70. The lowest BCUT2D eigenvalue weighted by Crippen LogP contribution is -1.88. The van der Waals surface area contributed by atoms with Crippen LogP contribution in [0, 0.1) is 6.92 Å². The van der Waals surface area contributed by atoms with E-state index >= 15 is 0 Å². The molecule has 0 atom stereocenters. The molecule has 2 nitrogen and oxygen atoms in total. The smallest absolute Gasteiger partial charge is 0.122 e. The third-order valence-corrected chi connectivity index (χ3v) is 4.31. The second-order valence-corrected chi connectivity index (χ2v) is 6.53.